The zero-order chi connectivity index (χ0) is 15.6. The summed E-state index contributed by atoms with van der Waals surface area (Å²) in [6, 6.07) is 9.49. The lowest BCUT2D eigenvalue weighted by atomic mass is 9.95. The molecule has 0 unspecified atom stereocenters. The van der Waals surface area contributed by atoms with Crippen LogP contribution in [0.15, 0.2) is 36.4 Å². The van der Waals surface area contributed by atoms with Gasteiger partial charge < -0.3 is 4.74 Å². The summed E-state index contributed by atoms with van der Waals surface area (Å²) >= 11 is 1.46. The van der Waals surface area contributed by atoms with Crippen LogP contribution in [-0.2, 0) is 5.41 Å². The van der Waals surface area contributed by atoms with Gasteiger partial charge in [-0.05, 0) is 41.8 Å². The highest BCUT2D eigenvalue weighted by molar-refractivity contribution is 7.14. The van der Waals surface area contributed by atoms with E-state index in [4.69, 9.17) is 0 Å². The molecule has 0 aliphatic heterocycles. The van der Waals surface area contributed by atoms with E-state index in [1.807, 2.05) is 6.07 Å². The lowest BCUT2D eigenvalue weighted by Gasteiger charge is -2.15. The monoisotopic (exact) mass is 310 g/mol. The molecule has 0 atom stereocenters. The Morgan fingerprint density at radius 2 is 1.71 bits per heavy atom. The predicted octanol–water partition coefficient (Wildman–Crippen LogP) is 4.88. The maximum absolute atomic E-state index is 12.3. The van der Waals surface area contributed by atoms with Crippen LogP contribution in [0.3, 0.4) is 0 Å². The van der Waals surface area contributed by atoms with Crippen LogP contribution in [0.2, 0.25) is 0 Å². The predicted molar refractivity (Wildman–Crippen MR) is 79.5 cm³/mol. The highest BCUT2D eigenvalue weighted by Gasteiger charge is 2.19. The second-order valence-corrected chi connectivity index (χ2v) is 6.73. The minimum absolute atomic E-state index is 0.00183. The van der Waals surface area contributed by atoms with Crippen molar-refractivity contribution in [3.05, 3.63) is 51.7 Å². The topological polar surface area (TPSA) is 26.3 Å². The Kier molecular flexibility index (Phi) is 4.42. The Morgan fingerprint density at radius 1 is 1.10 bits per heavy atom. The van der Waals surface area contributed by atoms with Gasteiger partial charge in [-0.1, -0.05) is 20.8 Å². The fourth-order valence-electron chi connectivity index (χ4n) is 1.79. The summed E-state index contributed by atoms with van der Waals surface area (Å²) in [4.78, 5) is 14.1. The third kappa shape index (κ3) is 3.88. The van der Waals surface area contributed by atoms with Crippen LogP contribution in [0, 0.1) is 0 Å². The fourth-order valence-corrected chi connectivity index (χ4v) is 2.82. The van der Waals surface area contributed by atoms with Crippen molar-refractivity contribution >= 4 is 17.1 Å². The first-order valence-electron chi connectivity index (χ1n) is 6.47. The average molecular weight is 310 g/mol. The molecule has 0 fully saturated rings. The minimum Gasteiger partial charge on any atom is -0.435 e. The number of hydrogen-bond acceptors (Lipinski definition) is 3. The lowest BCUT2D eigenvalue weighted by Crippen LogP contribution is -2.08. The van der Waals surface area contributed by atoms with Crippen LogP contribution in [0.25, 0.3) is 0 Å². The molecule has 1 aromatic heterocycles. The number of hydrogen-bond donors (Lipinski definition) is 0. The van der Waals surface area contributed by atoms with E-state index in [2.05, 4.69) is 25.5 Å². The van der Waals surface area contributed by atoms with Crippen LogP contribution in [0.5, 0.6) is 5.75 Å². The number of carbonyl (C=O) groups is 1. The van der Waals surface area contributed by atoms with E-state index in [1.54, 1.807) is 6.07 Å². The van der Waals surface area contributed by atoms with Gasteiger partial charge >= 0.3 is 6.61 Å². The molecular formula is C16H16F2O2S. The van der Waals surface area contributed by atoms with Gasteiger partial charge in [-0.2, -0.15) is 8.78 Å². The van der Waals surface area contributed by atoms with Crippen molar-refractivity contribution in [1.29, 1.82) is 0 Å². The first-order valence-corrected chi connectivity index (χ1v) is 7.29. The Hall–Kier alpha value is -1.75. The van der Waals surface area contributed by atoms with Crippen LogP contribution in [0.4, 0.5) is 8.78 Å². The maximum Gasteiger partial charge on any atom is 0.387 e. The average Bonchev–Trinajstić information content (AvgIpc) is 2.87. The van der Waals surface area contributed by atoms with Crippen LogP contribution < -0.4 is 4.74 Å². The van der Waals surface area contributed by atoms with E-state index in [0.29, 0.717) is 10.4 Å². The SMILES string of the molecule is CC(C)(C)c1ccc(C(=O)c2ccc(OC(F)F)cc2)s1. The molecule has 5 heteroatoms. The summed E-state index contributed by atoms with van der Waals surface area (Å²) in [5.41, 5.74) is 0.456. The number of carbonyl (C=O) groups excluding carboxylic acids is 1. The van der Waals surface area contributed by atoms with Crippen LogP contribution in [0.1, 0.15) is 40.9 Å². The highest BCUT2D eigenvalue weighted by Crippen LogP contribution is 2.30. The van der Waals surface area contributed by atoms with E-state index < -0.39 is 6.61 Å². The molecule has 0 saturated heterocycles. The quantitative estimate of drug-likeness (QED) is 0.752. The molecular weight excluding hydrogens is 294 g/mol. The molecule has 0 saturated carbocycles. The highest BCUT2D eigenvalue weighted by atomic mass is 32.1. The molecule has 0 radical (unpaired) electrons. The Morgan fingerprint density at radius 3 is 2.19 bits per heavy atom. The Labute approximate surface area is 126 Å². The van der Waals surface area contributed by atoms with Crippen molar-refractivity contribution in [2.75, 3.05) is 0 Å². The standard InChI is InChI=1S/C16H16F2O2S/c1-16(2,3)13-9-8-12(21-13)14(19)10-4-6-11(7-5-10)20-15(17)18/h4-9,15H,1-3H3. The van der Waals surface area contributed by atoms with Gasteiger partial charge in [0.1, 0.15) is 5.75 Å². The molecule has 21 heavy (non-hydrogen) atoms. The summed E-state index contributed by atoms with van der Waals surface area (Å²) in [5, 5.41) is 0. The van der Waals surface area contributed by atoms with Gasteiger partial charge in [-0.15, -0.1) is 11.3 Å². The van der Waals surface area contributed by atoms with E-state index in [9.17, 15) is 13.6 Å². The van der Waals surface area contributed by atoms with Gasteiger partial charge in [0.25, 0.3) is 0 Å². The van der Waals surface area contributed by atoms with Crippen LogP contribution >= 0.6 is 11.3 Å². The van der Waals surface area contributed by atoms with Crippen molar-refractivity contribution in [1.82, 2.24) is 0 Å². The number of alkyl halides is 2. The maximum atomic E-state index is 12.3. The van der Waals surface area contributed by atoms with Crippen molar-refractivity contribution in [3.8, 4) is 5.75 Å². The van der Waals surface area contributed by atoms with Crippen molar-refractivity contribution in [2.45, 2.75) is 32.8 Å². The molecule has 112 valence electrons. The summed E-state index contributed by atoms with van der Waals surface area (Å²) < 4.78 is 28.4. The number of thiophene rings is 1. The first-order chi connectivity index (χ1) is 9.77. The fraction of sp³-hybridized carbons (Fsp3) is 0.312. The van der Waals surface area contributed by atoms with E-state index in [0.717, 1.165) is 4.88 Å². The number of halogens is 2. The molecule has 0 spiro atoms. The van der Waals surface area contributed by atoms with Gasteiger partial charge in [-0.3, -0.25) is 4.79 Å². The van der Waals surface area contributed by atoms with Gasteiger partial charge in [0.2, 0.25) is 5.78 Å². The molecule has 2 rings (SSSR count). The largest absolute Gasteiger partial charge is 0.435 e. The van der Waals surface area contributed by atoms with Crippen molar-refractivity contribution in [2.24, 2.45) is 0 Å². The molecule has 1 aromatic carbocycles. The third-order valence-electron chi connectivity index (χ3n) is 2.91. The summed E-state index contributed by atoms with van der Waals surface area (Å²) in [5.74, 6) is -0.0674. The zero-order valence-electron chi connectivity index (χ0n) is 12.0. The number of benzene rings is 1. The smallest absolute Gasteiger partial charge is 0.387 e. The summed E-state index contributed by atoms with van der Waals surface area (Å²) in [6.45, 7) is 3.40. The van der Waals surface area contributed by atoms with E-state index >= 15 is 0 Å². The molecule has 0 amide bonds. The van der Waals surface area contributed by atoms with Gasteiger partial charge in [0.15, 0.2) is 0 Å². The van der Waals surface area contributed by atoms with Crippen molar-refractivity contribution < 1.29 is 18.3 Å². The molecule has 1 heterocycles. The molecule has 0 N–H and O–H groups in total. The van der Waals surface area contributed by atoms with E-state index in [-0.39, 0.29) is 16.9 Å². The number of ether oxygens (including phenoxy) is 1. The van der Waals surface area contributed by atoms with Crippen molar-refractivity contribution in [3.63, 3.8) is 0 Å². The minimum atomic E-state index is -2.86. The van der Waals surface area contributed by atoms with Gasteiger partial charge in [0.05, 0.1) is 4.88 Å². The normalized spacial score (nSPS) is 11.7. The zero-order valence-corrected chi connectivity index (χ0v) is 12.8. The molecule has 2 aromatic rings. The van der Waals surface area contributed by atoms with Gasteiger partial charge in [0, 0.05) is 10.4 Å². The summed E-state index contributed by atoms with van der Waals surface area (Å²) in [6.07, 6.45) is 0. The number of ketones is 1. The summed E-state index contributed by atoms with van der Waals surface area (Å²) in [7, 11) is 0. The number of rotatable bonds is 4. The molecule has 0 aliphatic carbocycles. The Bertz CT molecular complexity index is 624. The van der Waals surface area contributed by atoms with E-state index in [1.165, 1.54) is 35.6 Å². The molecule has 0 aliphatic rings. The third-order valence-corrected chi connectivity index (χ3v) is 4.42. The van der Waals surface area contributed by atoms with Gasteiger partial charge in [-0.25, -0.2) is 0 Å². The second kappa shape index (κ2) is 5.93. The Balaban J connectivity index is 2.18. The first kappa shape index (κ1) is 15.6. The lowest BCUT2D eigenvalue weighted by molar-refractivity contribution is -0.0498. The second-order valence-electron chi connectivity index (χ2n) is 5.65. The van der Waals surface area contributed by atoms with Crippen LogP contribution in [-0.4, -0.2) is 12.4 Å². The molecule has 0 bridgehead atoms. The molecule has 2 nitrogen and oxygen atoms in total.